The van der Waals surface area contributed by atoms with E-state index in [1.54, 1.807) is 0 Å². The smallest absolute Gasteiger partial charge is 0.0616 e. The van der Waals surface area contributed by atoms with Gasteiger partial charge in [-0.3, -0.25) is 4.90 Å². The molecule has 0 saturated carbocycles. The number of fused-ring (bicyclic) bond motifs is 1. The van der Waals surface area contributed by atoms with Gasteiger partial charge in [0.1, 0.15) is 0 Å². The van der Waals surface area contributed by atoms with E-state index in [0.717, 1.165) is 25.9 Å². The molecule has 0 amide bonds. The number of nitrogens with zero attached hydrogens (tertiary/aromatic N) is 1. The van der Waals surface area contributed by atoms with Crippen LogP contribution in [0.4, 0.5) is 5.69 Å². The van der Waals surface area contributed by atoms with E-state index in [9.17, 15) is 5.11 Å². The quantitative estimate of drug-likeness (QED) is 0.814. The Bertz CT molecular complexity index is 440. The molecule has 2 atom stereocenters. The van der Waals surface area contributed by atoms with Crippen molar-refractivity contribution in [3.8, 4) is 0 Å². The van der Waals surface area contributed by atoms with Crippen molar-refractivity contribution in [3.05, 3.63) is 27.8 Å². The minimum Gasteiger partial charge on any atom is -0.394 e. The number of aliphatic hydroxyl groups excluding tert-OH is 1. The molecule has 2 heterocycles. The summed E-state index contributed by atoms with van der Waals surface area (Å²) in [5, 5.41) is 13.3. The van der Waals surface area contributed by atoms with Crippen LogP contribution in [-0.4, -0.2) is 41.3 Å². The lowest BCUT2D eigenvalue weighted by Gasteiger charge is -2.29. The molecule has 3 rings (SSSR count). The average molecular weight is 358 g/mol. The van der Waals surface area contributed by atoms with Crippen molar-refractivity contribution in [2.75, 3.05) is 25.0 Å². The van der Waals surface area contributed by atoms with Gasteiger partial charge >= 0.3 is 0 Å². The Balaban J connectivity index is 1.69. The van der Waals surface area contributed by atoms with Crippen LogP contribution in [0.5, 0.6) is 0 Å². The average Bonchev–Trinajstić information content (AvgIpc) is 2.85. The van der Waals surface area contributed by atoms with Crippen molar-refractivity contribution >= 4 is 28.3 Å². The molecule has 4 heteroatoms. The molecule has 0 aromatic heterocycles. The Morgan fingerprint density at radius 3 is 3.11 bits per heavy atom. The van der Waals surface area contributed by atoms with Crippen LogP contribution in [0.3, 0.4) is 0 Å². The Hall–Kier alpha value is -0.330. The largest absolute Gasteiger partial charge is 0.394 e. The molecule has 3 nitrogen and oxygen atoms in total. The summed E-state index contributed by atoms with van der Waals surface area (Å²) in [4.78, 5) is 2.47. The fourth-order valence-electron chi connectivity index (χ4n) is 3.45. The molecule has 0 radical (unpaired) electrons. The number of rotatable bonds is 3. The number of hydrogen-bond acceptors (Lipinski definition) is 3. The zero-order valence-corrected chi connectivity index (χ0v) is 12.6. The molecule has 2 aliphatic rings. The van der Waals surface area contributed by atoms with Gasteiger partial charge in [0.05, 0.1) is 6.61 Å². The summed E-state index contributed by atoms with van der Waals surface area (Å²) >= 11 is 2.34. The number of aliphatic hydroxyl groups is 1. The normalized spacial score (nSPS) is 31.6. The SMILES string of the molecule is OC[C@@]12CCCN1C[C@H](Nc1cccc(I)c1)C2. The number of anilines is 1. The van der Waals surface area contributed by atoms with Gasteiger partial charge in [-0.2, -0.15) is 0 Å². The Kier molecular flexibility index (Phi) is 3.51. The number of halogens is 1. The monoisotopic (exact) mass is 358 g/mol. The van der Waals surface area contributed by atoms with Gasteiger partial charge in [-0.25, -0.2) is 0 Å². The molecular weight excluding hydrogens is 339 g/mol. The van der Waals surface area contributed by atoms with Crippen LogP contribution in [0.25, 0.3) is 0 Å². The van der Waals surface area contributed by atoms with Gasteiger partial charge in [0.25, 0.3) is 0 Å². The first-order valence-electron chi connectivity index (χ1n) is 6.60. The highest BCUT2D eigenvalue weighted by Gasteiger charge is 2.47. The summed E-state index contributed by atoms with van der Waals surface area (Å²) in [6.45, 7) is 2.51. The molecule has 98 valence electrons. The topological polar surface area (TPSA) is 35.5 Å². The highest BCUT2D eigenvalue weighted by molar-refractivity contribution is 14.1. The van der Waals surface area contributed by atoms with Crippen LogP contribution in [-0.2, 0) is 0 Å². The second-order valence-electron chi connectivity index (χ2n) is 5.49. The highest BCUT2D eigenvalue weighted by Crippen LogP contribution is 2.39. The molecule has 2 aliphatic heterocycles. The van der Waals surface area contributed by atoms with E-state index in [1.807, 2.05) is 0 Å². The number of nitrogens with one attached hydrogen (secondary N) is 1. The summed E-state index contributed by atoms with van der Waals surface area (Å²) < 4.78 is 1.26. The van der Waals surface area contributed by atoms with E-state index < -0.39 is 0 Å². The fourth-order valence-corrected chi connectivity index (χ4v) is 4.00. The third kappa shape index (κ3) is 2.26. The van der Waals surface area contributed by atoms with Gasteiger partial charge in [0.2, 0.25) is 0 Å². The van der Waals surface area contributed by atoms with Crippen molar-refractivity contribution < 1.29 is 5.11 Å². The number of hydrogen-bond donors (Lipinski definition) is 2. The van der Waals surface area contributed by atoms with Gasteiger partial charge in [-0.15, -0.1) is 0 Å². The van der Waals surface area contributed by atoms with Gasteiger partial charge in [0, 0.05) is 27.4 Å². The van der Waals surface area contributed by atoms with Gasteiger partial charge in [-0.1, -0.05) is 6.07 Å². The van der Waals surface area contributed by atoms with E-state index in [1.165, 1.54) is 15.7 Å². The first kappa shape index (κ1) is 12.7. The Labute approximate surface area is 122 Å². The maximum atomic E-state index is 9.68. The molecule has 1 aromatic carbocycles. The lowest BCUT2D eigenvalue weighted by atomic mass is 9.93. The zero-order chi connectivity index (χ0) is 12.6. The minimum atomic E-state index is 0.0690. The van der Waals surface area contributed by atoms with E-state index in [-0.39, 0.29) is 5.54 Å². The van der Waals surface area contributed by atoms with E-state index in [4.69, 9.17) is 0 Å². The maximum absolute atomic E-state index is 9.68. The lowest BCUT2D eigenvalue weighted by molar-refractivity contribution is 0.0999. The first-order chi connectivity index (χ1) is 8.72. The standard InChI is InChI=1S/C14H19IN2O/c15-11-3-1-4-12(7-11)16-13-8-14(10-18)5-2-6-17(14)9-13/h1,3-4,7,13,16,18H,2,5-6,8-10H2/t13-,14+/m1/s1. The summed E-state index contributed by atoms with van der Waals surface area (Å²) in [6, 6.07) is 8.96. The van der Waals surface area contributed by atoms with E-state index in [2.05, 4.69) is 57.1 Å². The molecular formula is C14H19IN2O. The minimum absolute atomic E-state index is 0.0690. The van der Waals surface area contributed by atoms with Crippen LogP contribution >= 0.6 is 22.6 Å². The highest BCUT2D eigenvalue weighted by atomic mass is 127. The molecule has 2 saturated heterocycles. The lowest BCUT2D eigenvalue weighted by Crippen LogP contribution is -2.41. The van der Waals surface area contributed by atoms with Crippen molar-refractivity contribution in [1.29, 1.82) is 0 Å². The van der Waals surface area contributed by atoms with Crippen LogP contribution in [0.1, 0.15) is 19.3 Å². The van der Waals surface area contributed by atoms with Crippen molar-refractivity contribution in [2.24, 2.45) is 0 Å². The van der Waals surface area contributed by atoms with E-state index in [0.29, 0.717) is 12.6 Å². The van der Waals surface area contributed by atoms with Crippen LogP contribution in [0.2, 0.25) is 0 Å². The third-order valence-electron chi connectivity index (χ3n) is 4.30. The van der Waals surface area contributed by atoms with Crippen molar-refractivity contribution in [1.82, 2.24) is 4.90 Å². The summed E-state index contributed by atoms with van der Waals surface area (Å²) in [6.07, 6.45) is 3.44. The second-order valence-corrected chi connectivity index (χ2v) is 6.73. The van der Waals surface area contributed by atoms with Crippen LogP contribution < -0.4 is 5.32 Å². The zero-order valence-electron chi connectivity index (χ0n) is 10.4. The maximum Gasteiger partial charge on any atom is 0.0616 e. The molecule has 2 N–H and O–H groups in total. The Morgan fingerprint density at radius 2 is 2.39 bits per heavy atom. The fraction of sp³-hybridized carbons (Fsp3) is 0.571. The molecule has 1 aromatic rings. The van der Waals surface area contributed by atoms with Gasteiger partial charge in [-0.05, 0) is 66.6 Å². The summed E-state index contributed by atoms with van der Waals surface area (Å²) in [7, 11) is 0. The van der Waals surface area contributed by atoms with Gasteiger partial charge < -0.3 is 10.4 Å². The van der Waals surface area contributed by atoms with E-state index >= 15 is 0 Å². The number of benzene rings is 1. The van der Waals surface area contributed by atoms with Crippen molar-refractivity contribution in [2.45, 2.75) is 30.8 Å². The predicted octanol–water partition coefficient (Wildman–Crippen LogP) is 2.30. The second kappa shape index (κ2) is 4.98. The molecule has 0 spiro atoms. The predicted molar refractivity (Wildman–Crippen MR) is 81.8 cm³/mol. The summed E-state index contributed by atoms with van der Waals surface area (Å²) in [5.74, 6) is 0. The van der Waals surface area contributed by atoms with Crippen LogP contribution in [0.15, 0.2) is 24.3 Å². The molecule has 0 aliphatic carbocycles. The first-order valence-corrected chi connectivity index (χ1v) is 7.68. The molecule has 0 unspecified atom stereocenters. The third-order valence-corrected chi connectivity index (χ3v) is 4.97. The summed E-state index contributed by atoms with van der Waals surface area (Å²) in [5.41, 5.74) is 1.26. The molecule has 18 heavy (non-hydrogen) atoms. The molecule has 0 bridgehead atoms. The van der Waals surface area contributed by atoms with Crippen LogP contribution in [0, 0.1) is 3.57 Å². The van der Waals surface area contributed by atoms with Gasteiger partial charge in [0.15, 0.2) is 0 Å². The van der Waals surface area contributed by atoms with Crippen molar-refractivity contribution in [3.63, 3.8) is 0 Å². The Morgan fingerprint density at radius 1 is 1.50 bits per heavy atom. The molecule has 2 fully saturated rings.